The molecule has 0 aliphatic carbocycles. The van der Waals surface area contributed by atoms with Gasteiger partial charge in [0.1, 0.15) is 5.52 Å². The first-order valence-corrected chi connectivity index (χ1v) is 6.12. The van der Waals surface area contributed by atoms with Crippen molar-refractivity contribution in [2.24, 2.45) is 7.05 Å². The number of aryl methyl sites for hydroxylation is 2. The molecule has 0 unspecified atom stereocenters. The summed E-state index contributed by atoms with van der Waals surface area (Å²) in [5.41, 5.74) is 3.48. The third kappa shape index (κ3) is 1.69. The minimum atomic E-state index is -1.02. The first kappa shape index (κ1) is 12.4. The zero-order chi connectivity index (χ0) is 14.4. The SMILES string of the molecule is Cc1nn(C)c(C)c1-c1nc2c(C(=O)O)cccc2o1. The van der Waals surface area contributed by atoms with E-state index in [1.807, 2.05) is 20.9 Å². The number of hydrogen-bond donors (Lipinski definition) is 1. The van der Waals surface area contributed by atoms with Gasteiger partial charge in [-0.2, -0.15) is 5.10 Å². The third-order valence-corrected chi connectivity index (χ3v) is 3.37. The number of oxazole rings is 1. The Balaban J connectivity index is 2.29. The highest BCUT2D eigenvalue weighted by molar-refractivity contribution is 6.00. The minimum absolute atomic E-state index is 0.136. The van der Waals surface area contributed by atoms with E-state index in [1.165, 1.54) is 6.07 Å². The van der Waals surface area contributed by atoms with Gasteiger partial charge in [-0.25, -0.2) is 9.78 Å². The molecule has 2 heterocycles. The van der Waals surface area contributed by atoms with E-state index in [1.54, 1.807) is 16.8 Å². The number of fused-ring (bicyclic) bond motifs is 1. The average molecular weight is 271 g/mol. The van der Waals surface area contributed by atoms with Gasteiger partial charge in [-0.15, -0.1) is 0 Å². The second-order valence-corrected chi connectivity index (χ2v) is 4.65. The van der Waals surface area contributed by atoms with Gasteiger partial charge in [0.2, 0.25) is 5.89 Å². The molecule has 0 aliphatic heterocycles. The molecule has 20 heavy (non-hydrogen) atoms. The highest BCUT2D eigenvalue weighted by Crippen LogP contribution is 2.30. The zero-order valence-electron chi connectivity index (χ0n) is 11.3. The number of para-hydroxylation sites is 1. The fourth-order valence-corrected chi connectivity index (χ4v) is 2.31. The van der Waals surface area contributed by atoms with E-state index in [-0.39, 0.29) is 5.56 Å². The number of hydrogen-bond acceptors (Lipinski definition) is 4. The maximum atomic E-state index is 11.2. The predicted molar refractivity (Wildman–Crippen MR) is 72.6 cm³/mol. The van der Waals surface area contributed by atoms with Crippen LogP contribution in [0.4, 0.5) is 0 Å². The number of carboxylic acid groups (broad SMARTS) is 1. The minimum Gasteiger partial charge on any atom is -0.478 e. The summed E-state index contributed by atoms with van der Waals surface area (Å²) >= 11 is 0. The van der Waals surface area contributed by atoms with Gasteiger partial charge in [0, 0.05) is 12.7 Å². The van der Waals surface area contributed by atoms with E-state index in [9.17, 15) is 9.90 Å². The molecule has 6 nitrogen and oxygen atoms in total. The largest absolute Gasteiger partial charge is 0.478 e. The quantitative estimate of drug-likeness (QED) is 0.774. The van der Waals surface area contributed by atoms with E-state index < -0.39 is 5.97 Å². The van der Waals surface area contributed by atoms with Gasteiger partial charge in [0.15, 0.2) is 5.58 Å². The topological polar surface area (TPSA) is 81.2 Å². The van der Waals surface area contributed by atoms with Crippen LogP contribution in [0.3, 0.4) is 0 Å². The van der Waals surface area contributed by atoms with Crippen LogP contribution >= 0.6 is 0 Å². The molecule has 0 spiro atoms. The summed E-state index contributed by atoms with van der Waals surface area (Å²) in [5.74, 6) is -0.619. The molecule has 0 radical (unpaired) electrons. The van der Waals surface area contributed by atoms with Crippen LogP contribution in [-0.2, 0) is 7.05 Å². The van der Waals surface area contributed by atoms with Crippen molar-refractivity contribution < 1.29 is 14.3 Å². The maximum Gasteiger partial charge on any atom is 0.338 e. The van der Waals surface area contributed by atoms with E-state index in [0.717, 1.165) is 17.0 Å². The summed E-state index contributed by atoms with van der Waals surface area (Å²) in [4.78, 5) is 15.5. The number of benzene rings is 1. The number of carboxylic acids is 1. The lowest BCUT2D eigenvalue weighted by molar-refractivity contribution is 0.0699. The van der Waals surface area contributed by atoms with Gasteiger partial charge in [-0.3, -0.25) is 4.68 Å². The molecule has 0 atom stereocenters. The molecule has 0 fully saturated rings. The Morgan fingerprint density at radius 3 is 2.70 bits per heavy atom. The van der Waals surface area contributed by atoms with Crippen LogP contribution in [0.25, 0.3) is 22.6 Å². The van der Waals surface area contributed by atoms with Crippen molar-refractivity contribution in [3.8, 4) is 11.5 Å². The lowest BCUT2D eigenvalue weighted by atomic mass is 10.2. The first-order chi connectivity index (χ1) is 9.49. The highest BCUT2D eigenvalue weighted by Gasteiger charge is 2.20. The molecule has 1 N–H and O–H groups in total. The molecule has 0 aliphatic rings. The Morgan fingerprint density at radius 1 is 1.35 bits per heavy atom. The predicted octanol–water partition coefficient (Wildman–Crippen LogP) is 2.54. The van der Waals surface area contributed by atoms with Crippen molar-refractivity contribution in [1.29, 1.82) is 0 Å². The number of rotatable bonds is 2. The monoisotopic (exact) mass is 271 g/mol. The molecule has 0 saturated carbocycles. The van der Waals surface area contributed by atoms with Crippen molar-refractivity contribution in [2.45, 2.75) is 13.8 Å². The number of carbonyl (C=O) groups is 1. The summed E-state index contributed by atoms with van der Waals surface area (Å²) in [6.45, 7) is 3.79. The van der Waals surface area contributed by atoms with Crippen LogP contribution in [0.1, 0.15) is 21.7 Å². The molecule has 3 rings (SSSR count). The van der Waals surface area contributed by atoms with Crippen molar-refractivity contribution in [3.05, 3.63) is 35.2 Å². The summed E-state index contributed by atoms with van der Waals surface area (Å²) < 4.78 is 7.44. The van der Waals surface area contributed by atoms with Gasteiger partial charge in [0.25, 0.3) is 0 Å². The summed E-state index contributed by atoms with van der Waals surface area (Å²) in [7, 11) is 1.84. The fraction of sp³-hybridized carbons (Fsp3) is 0.214. The van der Waals surface area contributed by atoms with E-state index in [2.05, 4.69) is 10.1 Å². The van der Waals surface area contributed by atoms with Crippen LogP contribution in [0, 0.1) is 13.8 Å². The standard InChI is InChI=1S/C14H13N3O3/c1-7-11(8(2)17(3)16-7)13-15-12-9(14(18)19)5-4-6-10(12)20-13/h4-6H,1-3H3,(H,18,19). The molecule has 3 aromatic rings. The molecule has 1 aromatic carbocycles. The van der Waals surface area contributed by atoms with Crippen molar-refractivity contribution in [2.75, 3.05) is 0 Å². The molecule has 102 valence electrons. The Hall–Kier alpha value is -2.63. The number of aromatic nitrogens is 3. The lowest BCUT2D eigenvalue weighted by Gasteiger charge is -1.95. The fourth-order valence-electron chi connectivity index (χ4n) is 2.31. The summed E-state index contributed by atoms with van der Waals surface area (Å²) in [6, 6.07) is 4.86. The maximum absolute atomic E-state index is 11.2. The Bertz CT molecular complexity index is 830. The highest BCUT2D eigenvalue weighted by atomic mass is 16.4. The molecule has 2 aromatic heterocycles. The first-order valence-electron chi connectivity index (χ1n) is 6.12. The number of nitrogens with zero attached hydrogens (tertiary/aromatic N) is 3. The molecule has 0 bridgehead atoms. The second kappa shape index (κ2) is 4.19. The van der Waals surface area contributed by atoms with E-state index in [4.69, 9.17) is 4.42 Å². The van der Waals surface area contributed by atoms with Crippen LogP contribution in [0.15, 0.2) is 22.6 Å². The van der Waals surface area contributed by atoms with Crippen LogP contribution < -0.4 is 0 Å². The molecule has 6 heteroatoms. The van der Waals surface area contributed by atoms with Gasteiger partial charge < -0.3 is 9.52 Å². The normalized spacial score (nSPS) is 11.2. The third-order valence-electron chi connectivity index (χ3n) is 3.37. The van der Waals surface area contributed by atoms with Crippen LogP contribution in [0.5, 0.6) is 0 Å². The Labute approximate surface area is 114 Å². The second-order valence-electron chi connectivity index (χ2n) is 4.65. The van der Waals surface area contributed by atoms with Crippen LogP contribution in [0.2, 0.25) is 0 Å². The summed E-state index contributed by atoms with van der Waals surface area (Å²) in [5, 5.41) is 13.5. The van der Waals surface area contributed by atoms with E-state index in [0.29, 0.717) is 17.0 Å². The van der Waals surface area contributed by atoms with Gasteiger partial charge in [-0.1, -0.05) is 6.07 Å². The van der Waals surface area contributed by atoms with Crippen molar-refractivity contribution in [3.63, 3.8) is 0 Å². The Kier molecular flexibility index (Phi) is 2.60. The molecular formula is C14H13N3O3. The Morgan fingerprint density at radius 2 is 2.10 bits per heavy atom. The lowest BCUT2D eigenvalue weighted by Crippen LogP contribution is -1.96. The smallest absolute Gasteiger partial charge is 0.338 e. The van der Waals surface area contributed by atoms with Gasteiger partial charge in [-0.05, 0) is 26.0 Å². The van der Waals surface area contributed by atoms with Gasteiger partial charge >= 0.3 is 5.97 Å². The van der Waals surface area contributed by atoms with Gasteiger partial charge in [0.05, 0.1) is 16.8 Å². The molecular weight excluding hydrogens is 258 g/mol. The van der Waals surface area contributed by atoms with E-state index >= 15 is 0 Å². The average Bonchev–Trinajstić information content (AvgIpc) is 2.90. The van der Waals surface area contributed by atoms with Crippen molar-refractivity contribution in [1.82, 2.24) is 14.8 Å². The molecule has 0 amide bonds. The van der Waals surface area contributed by atoms with Crippen LogP contribution in [-0.4, -0.2) is 25.8 Å². The molecule has 0 saturated heterocycles. The van der Waals surface area contributed by atoms with Crippen molar-refractivity contribution >= 4 is 17.1 Å². The zero-order valence-corrected chi connectivity index (χ0v) is 11.3. The summed E-state index contributed by atoms with van der Waals surface area (Å²) in [6.07, 6.45) is 0. The number of aromatic carboxylic acids is 1.